The second-order valence-corrected chi connectivity index (χ2v) is 6.43. The molecule has 0 spiro atoms. The Labute approximate surface area is 125 Å². The van der Waals surface area contributed by atoms with Crippen molar-refractivity contribution in [3.63, 3.8) is 0 Å². The van der Waals surface area contributed by atoms with Crippen molar-refractivity contribution < 1.29 is 26.1 Å². The van der Waals surface area contributed by atoms with E-state index >= 15 is 0 Å². The summed E-state index contributed by atoms with van der Waals surface area (Å²) in [5.74, 6) is 0.228. The van der Waals surface area contributed by atoms with Crippen LogP contribution < -0.4 is 4.72 Å². The summed E-state index contributed by atoms with van der Waals surface area (Å²) in [6.07, 6.45) is -4.62. The van der Waals surface area contributed by atoms with E-state index in [2.05, 4.69) is 9.88 Å². The first-order valence-electron chi connectivity index (χ1n) is 6.16. The quantitative estimate of drug-likeness (QED) is 0.933. The fraction of sp³-hybridized carbons (Fsp3) is 0.308. The molecule has 1 aromatic carbocycles. The van der Waals surface area contributed by atoms with Crippen molar-refractivity contribution in [2.75, 3.05) is 4.72 Å². The van der Waals surface area contributed by atoms with Crippen LogP contribution in [0.1, 0.15) is 22.6 Å². The fourth-order valence-electron chi connectivity index (χ4n) is 1.88. The number of hydrogen-bond donors (Lipinski definition) is 1. The molecule has 0 unspecified atom stereocenters. The Hall–Kier alpha value is -2.03. The van der Waals surface area contributed by atoms with Crippen molar-refractivity contribution in [3.05, 3.63) is 40.8 Å². The van der Waals surface area contributed by atoms with Gasteiger partial charge in [0, 0.05) is 0 Å². The Morgan fingerprint density at radius 3 is 2.32 bits per heavy atom. The highest BCUT2D eigenvalue weighted by atomic mass is 32.2. The van der Waals surface area contributed by atoms with E-state index in [-0.39, 0.29) is 17.0 Å². The highest BCUT2D eigenvalue weighted by molar-refractivity contribution is 7.92. The van der Waals surface area contributed by atoms with Gasteiger partial charge in [-0.3, -0.25) is 4.72 Å². The molecular weight excluding hydrogens is 321 g/mol. The first kappa shape index (κ1) is 16.3. The normalized spacial score (nSPS) is 12.5. The van der Waals surface area contributed by atoms with Gasteiger partial charge in [0.15, 0.2) is 5.76 Å². The van der Waals surface area contributed by atoms with Crippen LogP contribution in [0.25, 0.3) is 0 Å². The third kappa shape index (κ3) is 3.08. The number of alkyl halides is 3. The Morgan fingerprint density at radius 1 is 1.18 bits per heavy atom. The molecule has 0 fully saturated rings. The highest BCUT2D eigenvalue weighted by Gasteiger charge is 2.32. The molecule has 1 aromatic heterocycles. The van der Waals surface area contributed by atoms with Crippen LogP contribution in [0.3, 0.4) is 0 Å². The summed E-state index contributed by atoms with van der Waals surface area (Å²) in [5, 5.41) is 3.59. The molecule has 0 amide bonds. The van der Waals surface area contributed by atoms with Gasteiger partial charge >= 0.3 is 6.18 Å². The number of halogens is 3. The van der Waals surface area contributed by atoms with E-state index in [0.29, 0.717) is 11.8 Å². The van der Waals surface area contributed by atoms with Crippen LogP contribution in [0.4, 0.5) is 18.9 Å². The molecule has 9 heteroatoms. The van der Waals surface area contributed by atoms with Crippen molar-refractivity contribution in [1.29, 1.82) is 0 Å². The number of rotatable bonds is 3. The lowest BCUT2D eigenvalue weighted by Crippen LogP contribution is -2.16. The summed E-state index contributed by atoms with van der Waals surface area (Å²) >= 11 is 0. The molecule has 120 valence electrons. The molecule has 0 radical (unpaired) electrons. The van der Waals surface area contributed by atoms with Crippen molar-refractivity contribution in [3.8, 4) is 0 Å². The van der Waals surface area contributed by atoms with E-state index < -0.39 is 26.7 Å². The van der Waals surface area contributed by atoms with Crippen molar-refractivity contribution in [2.45, 2.75) is 31.8 Å². The van der Waals surface area contributed by atoms with Gasteiger partial charge in [-0.15, -0.1) is 0 Å². The summed E-state index contributed by atoms with van der Waals surface area (Å²) in [5.41, 5.74) is -0.410. The number of nitrogens with one attached hydrogen (secondary N) is 1. The lowest BCUT2D eigenvalue weighted by Gasteiger charge is -2.13. The van der Waals surface area contributed by atoms with Gasteiger partial charge in [-0.25, -0.2) is 8.42 Å². The minimum Gasteiger partial charge on any atom is -0.359 e. The van der Waals surface area contributed by atoms with Crippen LogP contribution in [-0.2, 0) is 16.2 Å². The zero-order valence-corrected chi connectivity index (χ0v) is 12.8. The van der Waals surface area contributed by atoms with E-state index in [1.165, 1.54) is 20.8 Å². The maximum Gasteiger partial charge on any atom is 0.416 e. The van der Waals surface area contributed by atoms with E-state index in [0.717, 1.165) is 12.1 Å². The maximum atomic E-state index is 12.8. The average molecular weight is 334 g/mol. The second kappa shape index (κ2) is 5.31. The summed E-state index contributed by atoms with van der Waals surface area (Å²) in [7, 11) is -4.19. The molecule has 0 saturated carbocycles. The lowest BCUT2D eigenvalue weighted by atomic mass is 10.1. The zero-order valence-electron chi connectivity index (χ0n) is 11.9. The smallest absolute Gasteiger partial charge is 0.359 e. The summed E-state index contributed by atoms with van der Waals surface area (Å²) in [6.45, 7) is 4.44. The van der Waals surface area contributed by atoms with Gasteiger partial charge in [0.1, 0.15) is 11.4 Å². The van der Waals surface area contributed by atoms with Gasteiger partial charge in [-0.05, 0) is 38.5 Å². The SMILES string of the molecule is Cc1ccc(C(F)(F)F)cc1S(=O)(=O)Nc1c(C)noc1C. The topological polar surface area (TPSA) is 72.2 Å². The predicted molar refractivity (Wildman–Crippen MR) is 73.0 cm³/mol. The van der Waals surface area contributed by atoms with Crippen LogP contribution in [0.15, 0.2) is 27.6 Å². The molecule has 0 saturated heterocycles. The number of hydrogen-bond acceptors (Lipinski definition) is 4. The number of anilines is 1. The molecule has 0 aliphatic heterocycles. The first-order chi connectivity index (χ1) is 10.0. The van der Waals surface area contributed by atoms with Crippen molar-refractivity contribution >= 4 is 15.7 Å². The maximum absolute atomic E-state index is 12.8. The number of sulfonamides is 1. The van der Waals surface area contributed by atoms with Gasteiger partial charge in [-0.1, -0.05) is 11.2 Å². The Kier molecular flexibility index (Phi) is 3.94. The van der Waals surface area contributed by atoms with Crippen molar-refractivity contribution in [1.82, 2.24) is 5.16 Å². The molecule has 1 heterocycles. The van der Waals surface area contributed by atoms with Crippen molar-refractivity contribution in [2.24, 2.45) is 0 Å². The minimum atomic E-state index is -4.62. The molecule has 0 bridgehead atoms. The molecule has 1 N–H and O–H groups in total. The Morgan fingerprint density at radius 2 is 1.82 bits per heavy atom. The third-order valence-electron chi connectivity index (χ3n) is 3.07. The van der Waals surface area contributed by atoms with E-state index in [1.54, 1.807) is 0 Å². The molecule has 0 atom stereocenters. The van der Waals surface area contributed by atoms with Crippen LogP contribution in [0, 0.1) is 20.8 Å². The van der Waals surface area contributed by atoms with E-state index in [1.807, 2.05) is 0 Å². The fourth-order valence-corrected chi connectivity index (χ4v) is 3.33. The van der Waals surface area contributed by atoms with Crippen LogP contribution in [0.5, 0.6) is 0 Å². The van der Waals surface area contributed by atoms with Gasteiger partial charge in [-0.2, -0.15) is 13.2 Å². The van der Waals surface area contributed by atoms with Crippen LogP contribution in [0.2, 0.25) is 0 Å². The minimum absolute atomic E-state index is 0.122. The van der Waals surface area contributed by atoms with Gasteiger partial charge in [0.25, 0.3) is 10.0 Å². The lowest BCUT2D eigenvalue weighted by molar-refractivity contribution is -0.137. The molecule has 0 aliphatic rings. The average Bonchev–Trinajstić information content (AvgIpc) is 2.69. The van der Waals surface area contributed by atoms with Crippen LogP contribution >= 0.6 is 0 Å². The second-order valence-electron chi connectivity index (χ2n) is 4.78. The Balaban J connectivity index is 2.50. The Bertz CT molecular complexity index is 791. The van der Waals surface area contributed by atoms with E-state index in [9.17, 15) is 21.6 Å². The number of aryl methyl sites for hydroxylation is 3. The predicted octanol–water partition coefficient (Wildman–Crippen LogP) is 3.42. The molecule has 22 heavy (non-hydrogen) atoms. The first-order valence-corrected chi connectivity index (χ1v) is 7.64. The number of benzene rings is 1. The summed E-state index contributed by atoms with van der Waals surface area (Å²) in [4.78, 5) is -0.442. The monoisotopic (exact) mass is 334 g/mol. The summed E-state index contributed by atoms with van der Waals surface area (Å²) in [6, 6.07) is 2.56. The third-order valence-corrected chi connectivity index (χ3v) is 4.57. The van der Waals surface area contributed by atoms with Gasteiger partial charge in [0.2, 0.25) is 0 Å². The van der Waals surface area contributed by atoms with Crippen LogP contribution in [-0.4, -0.2) is 13.6 Å². The van der Waals surface area contributed by atoms with E-state index in [4.69, 9.17) is 4.52 Å². The molecular formula is C13H13F3N2O3S. The largest absolute Gasteiger partial charge is 0.416 e. The standard InChI is InChI=1S/C13H13F3N2O3S/c1-7-4-5-10(13(14,15)16)6-11(7)22(19,20)18-12-8(2)17-21-9(12)3/h4-6,18H,1-3H3. The van der Waals surface area contributed by atoms with Gasteiger partial charge < -0.3 is 4.52 Å². The number of nitrogens with zero attached hydrogens (tertiary/aromatic N) is 1. The van der Waals surface area contributed by atoms with Gasteiger partial charge in [0.05, 0.1) is 10.5 Å². The highest BCUT2D eigenvalue weighted by Crippen LogP contribution is 2.32. The summed E-state index contributed by atoms with van der Waals surface area (Å²) < 4.78 is 70.0. The molecule has 0 aliphatic carbocycles. The molecule has 2 aromatic rings. The number of aromatic nitrogens is 1. The molecule has 5 nitrogen and oxygen atoms in total. The molecule has 2 rings (SSSR count). The zero-order chi connectivity index (χ0) is 16.7.